The van der Waals surface area contributed by atoms with E-state index in [4.69, 9.17) is 54.3 Å². The van der Waals surface area contributed by atoms with E-state index >= 15 is 0 Å². The zero-order valence-corrected chi connectivity index (χ0v) is 54.3. The zero-order valence-electron chi connectivity index (χ0n) is 53.5. The van der Waals surface area contributed by atoms with Gasteiger partial charge in [0, 0.05) is 59.4 Å². The van der Waals surface area contributed by atoms with Gasteiger partial charge in [-0.1, -0.05) is 47.5 Å². The molecule has 2 aromatic rings. The van der Waals surface area contributed by atoms with Gasteiger partial charge in [-0.2, -0.15) is 0 Å². The molecule has 510 valence electrons. The maximum absolute atomic E-state index is 14.4. The minimum Gasteiger partial charge on any atom is -0.495 e. The monoisotopic (exact) mass is 1330 g/mol. The van der Waals surface area contributed by atoms with E-state index in [9.17, 15) is 58.2 Å². The van der Waals surface area contributed by atoms with Gasteiger partial charge in [-0.25, -0.2) is 23.9 Å². The first-order valence-electron chi connectivity index (χ1n) is 31.2. The van der Waals surface area contributed by atoms with E-state index in [1.54, 1.807) is 42.8 Å². The van der Waals surface area contributed by atoms with Gasteiger partial charge in [0.1, 0.15) is 46.8 Å². The number of ether oxygens (including phenoxy) is 8. The lowest BCUT2D eigenvalue weighted by Crippen LogP contribution is -2.63. The summed E-state index contributed by atoms with van der Waals surface area (Å²) in [5.41, 5.74) is 0.392. The number of epoxide rings is 1. The van der Waals surface area contributed by atoms with Crippen molar-refractivity contribution >= 4 is 76.9 Å². The normalized spacial score (nSPS) is 27.6. The molecule has 4 fully saturated rings. The number of hydroxylamine groups is 2. The Kier molecular flexibility index (Phi) is 24.0. The molecule has 1 aromatic carbocycles. The Bertz CT molecular complexity index is 3180. The van der Waals surface area contributed by atoms with Crippen LogP contribution < -0.4 is 25.6 Å². The van der Waals surface area contributed by atoms with Crippen LogP contribution in [-0.2, 0) is 102 Å². The first-order chi connectivity index (χ1) is 44.2. The summed E-state index contributed by atoms with van der Waals surface area (Å²) in [6.07, 6.45) is 1.13. The molecule has 5 heterocycles. The lowest BCUT2D eigenvalue weighted by Gasteiger charge is -2.42. The first-order valence-corrected chi connectivity index (χ1v) is 31.5. The Labute approximate surface area is 542 Å². The van der Waals surface area contributed by atoms with Crippen molar-refractivity contribution < 1.29 is 101 Å². The number of benzene rings is 1. The van der Waals surface area contributed by atoms with E-state index in [0.29, 0.717) is 35.8 Å². The number of aromatic nitrogens is 3. The van der Waals surface area contributed by atoms with Gasteiger partial charge in [0.05, 0.1) is 89.1 Å². The van der Waals surface area contributed by atoms with Crippen molar-refractivity contribution in [2.45, 2.75) is 166 Å². The minimum absolute atomic E-state index is 0.00130. The number of carbonyl (C=O) groups excluding carboxylic acids is 9. The Morgan fingerprint density at radius 1 is 0.957 bits per heavy atom. The molecular weight excluding hydrogens is 1240 g/mol. The Morgan fingerprint density at radius 3 is 2.37 bits per heavy atom. The highest BCUT2D eigenvalue weighted by atomic mass is 35.5. The molecule has 3 saturated heterocycles. The fourth-order valence-electron chi connectivity index (χ4n) is 12.4. The van der Waals surface area contributed by atoms with E-state index in [0.717, 1.165) is 35.4 Å². The molecule has 6 aliphatic rings. The highest BCUT2D eigenvalue weighted by Crippen LogP contribution is 2.53. The number of carbonyl (C=O) groups is 10. The number of alkyl carbamates (subject to hydrolysis) is 2. The van der Waals surface area contributed by atoms with Crippen molar-refractivity contribution in [3.8, 4) is 5.75 Å². The van der Waals surface area contributed by atoms with Crippen molar-refractivity contribution in [3.63, 3.8) is 0 Å². The number of rotatable bonds is 25. The average Bonchev–Trinajstić information content (AvgIpc) is 1.59. The van der Waals surface area contributed by atoms with Gasteiger partial charge in [0.15, 0.2) is 5.72 Å². The maximum atomic E-state index is 14.4. The number of methoxy groups -OCH3 is 2. The first kappa shape index (κ1) is 71.1. The fraction of sp³-hybridized carbons (Fsp3) is 0.645. The number of amides is 7. The number of carboxylic acid groups (broad SMARTS) is 1. The summed E-state index contributed by atoms with van der Waals surface area (Å²) in [5.74, 6) is -5.28. The van der Waals surface area contributed by atoms with Crippen LogP contribution in [0.4, 0.5) is 15.3 Å². The number of esters is 1. The topological polar surface area (TPSA) is 374 Å². The summed E-state index contributed by atoms with van der Waals surface area (Å²) in [6, 6.07) is 1.13. The van der Waals surface area contributed by atoms with Crippen LogP contribution in [0, 0.1) is 23.7 Å². The second-order valence-corrected chi connectivity index (χ2v) is 24.8. The highest BCUT2D eigenvalue weighted by Gasteiger charge is 2.65. The third-order valence-corrected chi connectivity index (χ3v) is 18.5. The molecule has 1 saturated carbocycles. The van der Waals surface area contributed by atoms with Gasteiger partial charge in [-0.15, -0.1) is 10.2 Å². The third-order valence-electron chi connectivity index (χ3n) is 18.1. The van der Waals surface area contributed by atoms with E-state index in [-0.39, 0.29) is 107 Å². The largest absolute Gasteiger partial charge is 0.495 e. The smallest absolute Gasteiger partial charge is 0.409 e. The van der Waals surface area contributed by atoms with Crippen LogP contribution in [0.1, 0.15) is 109 Å². The molecular formula is C62H84ClN9O21. The quantitative estimate of drug-likeness (QED) is 0.0313. The Morgan fingerprint density at radius 2 is 1.67 bits per heavy atom. The highest BCUT2D eigenvalue weighted by molar-refractivity contribution is 6.35. The number of halogens is 1. The predicted octanol–water partition coefficient (Wildman–Crippen LogP) is 3.04. The van der Waals surface area contributed by atoms with Crippen LogP contribution in [-0.4, -0.2) is 211 Å². The average molecular weight is 1330 g/mol. The number of hydrogen-bond donors (Lipinski definition) is 5. The van der Waals surface area contributed by atoms with Crippen LogP contribution in [0.5, 0.6) is 5.75 Å². The molecule has 0 spiro atoms. The van der Waals surface area contributed by atoms with Gasteiger partial charge in [0.25, 0.3) is 11.8 Å². The number of anilines is 1. The number of aliphatic hydroxyl groups is 1. The zero-order chi connectivity index (χ0) is 67.5. The summed E-state index contributed by atoms with van der Waals surface area (Å²) in [4.78, 5) is 136. The van der Waals surface area contributed by atoms with Gasteiger partial charge in [0.2, 0.25) is 17.7 Å². The number of allylic oxidation sites excluding steroid dienone is 3. The molecule has 30 nitrogen and oxygen atoms in total. The molecule has 93 heavy (non-hydrogen) atoms. The molecule has 4 aliphatic heterocycles. The van der Waals surface area contributed by atoms with E-state index in [1.165, 1.54) is 45.0 Å². The van der Waals surface area contributed by atoms with E-state index in [2.05, 4.69) is 26.3 Å². The van der Waals surface area contributed by atoms with Crippen LogP contribution in [0.3, 0.4) is 0 Å². The minimum atomic E-state index is -1.90. The van der Waals surface area contributed by atoms with E-state index < -0.39 is 126 Å². The number of nitrogens with one attached hydrogen (secondary N) is 3. The lowest BCUT2D eigenvalue weighted by molar-refractivity contribution is -0.197. The summed E-state index contributed by atoms with van der Waals surface area (Å²) < 4.78 is 47.8. The molecule has 5 N–H and O–H groups in total. The number of carboxylic acids is 1. The fourth-order valence-corrected chi connectivity index (χ4v) is 12.7. The summed E-state index contributed by atoms with van der Waals surface area (Å²) in [7, 11) is 5.82. The predicted molar refractivity (Wildman–Crippen MR) is 324 cm³/mol. The number of hydrogen-bond acceptors (Lipinski definition) is 22. The maximum Gasteiger partial charge on any atom is 0.409 e. The number of fused-ring (bicyclic) bond motifs is 7. The Balaban J connectivity index is 0.762. The number of nitrogens with zero attached hydrogens (tertiary/aromatic N) is 6. The number of aliphatic carboxylic acids is 1. The number of aryl methyl sites for hydroxylation is 2. The molecule has 0 radical (unpaired) electrons. The molecule has 2 unspecified atom stereocenters. The number of imide groups is 1. The third kappa shape index (κ3) is 17.9. The second kappa shape index (κ2) is 31.4. The van der Waals surface area contributed by atoms with Crippen molar-refractivity contribution in [3.05, 3.63) is 57.9 Å². The van der Waals surface area contributed by atoms with Crippen LogP contribution >= 0.6 is 11.6 Å². The molecule has 4 bridgehead atoms. The van der Waals surface area contributed by atoms with Crippen molar-refractivity contribution in [2.75, 3.05) is 72.8 Å². The lowest BCUT2D eigenvalue weighted by atomic mass is 9.83. The molecule has 2 aliphatic carbocycles. The van der Waals surface area contributed by atoms with Crippen molar-refractivity contribution in [1.82, 2.24) is 40.9 Å². The molecule has 31 heteroatoms. The standard InChI is InChI=1S/C62H84ClN9O21/c1-34-10-9-11-47(86-8)62(84)32-46(90-60(83)66-62)35(2)56-61(4,92-56)48(31-52(76)70(6)44-29-37(28-34)30-45(85-7)55(44)63)91-58(81)36(3)69(5)49(73)21-24-87-26-27-88-25-22-64-57(80)42(15-19-53(77)78)65-59(82)89-33-40-38-12-14-41-43(16-13-39(38)40)71(68-67-41)23-20-54(79)93-72-50(74)17-18-51(72)75/h9-11,29-30,35-36,38-40,42,46-48,56,84H,12-28,31-33H2,1-8H3,(H,64,80)(H,65,82)(H,66,83)(H,77,78)/b11-9+,34-10+/t35-,36-,38-,39+,40?,42?,46+,47-,48+,56+,61+,62+/m1/s1. The number of likely N-dealkylation sites (N-methyl/N-ethyl adjacent to an activating group) is 1. The van der Waals surface area contributed by atoms with Gasteiger partial charge in [-0.05, 0) is 94.7 Å². The molecule has 8 rings (SSSR count). The van der Waals surface area contributed by atoms with Gasteiger partial charge >= 0.3 is 30.1 Å². The molecule has 7 amide bonds. The van der Waals surface area contributed by atoms with Crippen LogP contribution in [0.15, 0.2) is 35.9 Å². The second-order valence-electron chi connectivity index (χ2n) is 24.5. The van der Waals surface area contributed by atoms with Gasteiger partial charge in [-0.3, -0.25) is 34.1 Å². The van der Waals surface area contributed by atoms with Crippen molar-refractivity contribution in [1.29, 1.82) is 0 Å². The van der Waals surface area contributed by atoms with Crippen LogP contribution in [0.2, 0.25) is 5.02 Å². The van der Waals surface area contributed by atoms with Crippen LogP contribution in [0.25, 0.3) is 0 Å². The summed E-state index contributed by atoms with van der Waals surface area (Å²) in [6.45, 7) is 7.08. The van der Waals surface area contributed by atoms with Crippen molar-refractivity contribution in [2.24, 2.45) is 23.7 Å². The molecule has 1 aromatic heterocycles. The van der Waals surface area contributed by atoms with E-state index in [1.807, 2.05) is 13.0 Å². The SMILES string of the molecule is COc1cc2cc(c1Cl)N(C)C(=O)C[C@H](OC(=O)[C@@H](C)N(C)C(=O)CCOCCOCCNC(=O)C(CCC(=O)O)NC(=O)OCC1[C@H]3CCc4c(nnn4CCC(=O)ON4C(=O)CCC4=O)CC[C@@H]13)[C@]1(C)O[C@H]1[C@H](C)[C@@H]1C[C@@](O)(NC(=O)O1)[C@H](OC)/C=C/C=C(\C)C2. The molecule has 12 atom stereocenters. The Hall–Kier alpha value is -7.77. The summed E-state index contributed by atoms with van der Waals surface area (Å²) in [5, 5.41) is 38.1. The van der Waals surface area contributed by atoms with Gasteiger partial charge < -0.3 is 73.4 Å². The summed E-state index contributed by atoms with van der Waals surface area (Å²) >= 11 is 6.82.